The number of hydrogen-bond acceptors (Lipinski definition) is 4. The van der Waals surface area contributed by atoms with Gasteiger partial charge >= 0.3 is 0 Å². The van der Waals surface area contributed by atoms with Crippen LogP contribution in [-0.4, -0.2) is 26.9 Å². The molecule has 17 heavy (non-hydrogen) atoms. The Hall–Kier alpha value is -1.13. The fourth-order valence-corrected chi connectivity index (χ4v) is 2.51. The Morgan fingerprint density at radius 1 is 1.24 bits per heavy atom. The van der Waals surface area contributed by atoms with Gasteiger partial charge in [0.25, 0.3) is 0 Å². The lowest BCUT2D eigenvalue weighted by Crippen LogP contribution is -2.04. The highest BCUT2D eigenvalue weighted by Crippen LogP contribution is 2.17. The van der Waals surface area contributed by atoms with Crippen molar-refractivity contribution in [2.45, 2.75) is 25.7 Å². The number of hydrogen-bond donors (Lipinski definition) is 1. The molecule has 1 aromatic heterocycles. The predicted octanol–water partition coefficient (Wildman–Crippen LogP) is 2.55. The molecule has 90 valence electrons. The largest absolute Gasteiger partial charge is 0.393 e. The van der Waals surface area contributed by atoms with E-state index in [2.05, 4.69) is 9.97 Å². The van der Waals surface area contributed by atoms with Crippen molar-refractivity contribution in [1.82, 2.24) is 9.97 Å². The molecule has 2 rings (SSSR count). The van der Waals surface area contributed by atoms with Gasteiger partial charge in [-0.3, -0.25) is 0 Å². The van der Waals surface area contributed by atoms with Gasteiger partial charge in [0.1, 0.15) is 0 Å². The van der Waals surface area contributed by atoms with Crippen LogP contribution in [0, 0.1) is 6.92 Å². The van der Waals surface area contributed by atoms with E-state index in [-0.39, 0.29) is 6.10 Å². The van der Waals surface area contributed by atoms with Crippen LogP contribution in [0.5, 0.6) is 0 Å². The number of aromatic nitrogens is 2. The number of rotatable bonds is 4. The van der Waals surface area contributed by atoms with Gasteiger partial charge < -0.3 is 5.11 Å². The first-order valence-electron chi connectivity index (χ1n) is 5.65. The number of para-hydroxylation sites is 2. The molecule has 1 heterocycles. The Morgan fingerprint density at radius 3 is 2.53 bits per heavy atom. The number of fused-ring (bicyclic) bond motifs is 1. The van der Waals surface area contributed by atoms with Crippen molar-refractivity contribution < 1.29 is 5.11 Å². The summed E-state index contributed by atoms with van der Waals surface area (Å²) < 4.78 is 0. The van der Waals surface area contributed by atoms with Crippen LogP contribution in [0.1, 0.15) is 18.3 Å². The molecule has 0 fully saturated rings. The first kappa shape index (κ1) is 12.3. The molecule has 0 amide bonds. The number of aliphatic hydroxyl groups excluding tert-OH is 1. The topological polar surface area (TPSA) is 46.0 Å². The van der Waals surface area contributed by atoms with Crippen molar-refractivity contribution in [3.8, 4) is 0 Å². The van der Waals surface area contributed by atoms with Gasteiger partial charge in [-0.1, -0.05) is 12.1 Å². The van der Waals surface area contributed by atoms with Gasteiger partial charge in [-0.2, -0.15) is 11.8 Å². The van der Waals surface area contributed by atoms with Crippen molar-refractivity contribution in [2.24, 2.45) is 0 Å². The fourth-order valence-electron chi connectivity index (χ4n) is 1.59. The second-order valence-corrected chi connectivity index (χ2v) is 5.14. The average Bonchev–Trinajstić information content (AvgIpc) is 2.29. The van der Waals surface area contributed by atoms with Crippen molar-refractivity contribution in [3.63, 3.8) is 0 Å². The predicted molar refractivity (Wildman–Crippen MR) is 72.1 cm³/mol. The first-order valence-corrected chi connectivity index (χ1v) is 6.80. The van der Waals surface area contributed by atoms with Gasteiger partial charge in [-0.25, -0.2) is 9.97 Å². The maximum Gasteiger partial charge on any atom is 0.0890 e. The summed E-state index contributed by atoms with van der Waals surface area (Å²) in [6.45, 7) is 3.78. The van der Waals surface area contributed by atoms with Gasteiger partial charge in [-0.15, -0.1) is 0 Å². The summed E-state index contributed by atoms with van der Waals surface area (Å²) in [7, 11) is 0. The molecule has 0 spiro atoms. The molecule has 0 aliphatic heterocycles. The van der Waals surface area contributed by atoms with E-state index >= 15 is 0 Å². The third kappa shape index (κ3) is 3.17. The van der Waals surface area contributed by atoms with Gasteiger partial charge in [0.15, 0.2) is 0 Å². The van der Waals surface area contributed by atoms with Crippen molar-refractivity contribution in [1.29, 1.82) is 0 Å². The van der Waals surface area contributed by atoms with E-state index in [1.807, 2.05) is 31.2 Å². The lowest BCUT2D eigenvalue weighted by molar-refractivity contribution is 0.220. The van der Waals surface area contributed by atoms with Crippen molar-refractivity contribution in [3.05, 3.63) is 35.7 Å². The first-order chi connectivity index (χ1) is 8.16. The van der Waals surface area contributed by atoms with E-state index in [0.29, 0.717) is 0 Å². The molecule has 1 atom stereocenters. The number of nitrogens with zero attached hydrogens (tertiary/aromatic N) is 2. The van der Waals surface area contributed by atoms with Crippen LogP contribution in [-0.2, 0) is 5.75 Å². The van der Waals surface area contributed by atoms with Crippen LogP contribution in [0.25, 0.3) is 11.0 Å². The Kier molecular flexibility index (Phi) is 3.97. The monoisotopic (exact) mass is 248 g/mol. The molecule has 4 heteroatoms. The van der Waals surface area contributed by atoms with E-state index in [0.717, 1.165) is 33.9 Å². The molecule has 0 saturated heterocycles. The summed E-state index contributed by atoms with van der Waals surface area (Å²) in [4.78, 5) is 9.14. The minimum Gasteiger partial charge on any atom is -0.393 e. The maximum atomic E-state index is 9.21. The van der Waals surface area contributed by atoms with Crippen LogP contribution in [0.3, 0.4) is 0 Å². The van der Waals surface area contributed by atoms with Crippen molar-refractivity contribution >= 4 is 22.8 Å². The van der Waals surface area contributed by atoms with Crippen LogP contribution >= 0.6 is 11.8 Å². The second-order valence-electron chi connectivity index (χ2n) is 4.11. The zero-order valence-electron chi connectivity index (χ0n) is 10.1. The molecule has 0 saturated carbocycles. The number of aliphatic hydroxyl groups is 1. The maximum absolute atomic E-state index is 9.21. The zero-order chi connectivity index (χ0) is 12.3. The van der Waals surface area contributed by atoms with Crippen LogP contribution in [0.2, 0.25) is 0 Å². The van der Waals surface area contributed by atoms with Gasteiger partial charge in [0, 0.05) is 11.5 Å². The third-order valence-corrected chi connectivity index (χ3v) is 3.64. The van der Waals surface area contributed by atoms with E-state index in [1.165, 1.54) is 0 Å². The highest BCUT2D eigenvalue weighted by molar-refractivity contribution is 7.98. The van der Waals surface area contributed by atoms with E-state index in [9.17, 15) is 5.11 Å². The summed E-state index contributed by atoms with van der Waals surface area (Å²) in [6, 6.07) is 7.89. The Labute approximate surface area is 105 Å². The zero-order valence-corrected chi connectivity index (χ0v) is 10.9. The molecule has 2 aromatic rings. The molecule has 0 radical (unpaired) electrons. The minimum absolute atomic E-state index is 0.270. The van der Waals surface area contributed by atoms with Gasteiger partial charge in [-0.05, 0) is 26.0 Å². The van der Waals surface area contributed by atoms with Gasteiger partial charge in [0.2, 0.25) is 0 Å². The lowest BCUT2D eigenvalue weighted by atomic mass is 10.2. The van der Waals surface area contributed by atoms with Crippen LogP contribution in [0.15, 0.2) is 24.3 Å². The van der Waals surface area contributed by atoms with Gasteiger partial charge in [0.05, 0.1) is 28.5 Å². The SMILES string of the molecule is Cc1nc2ccccc2nc1CSCC(C)O. The summed E-state index contributed by atoms with van der Waals surface area (Å²) in [5.41, 5.74) is 3.86. The average molecular weight is 248 g/mol. The normalized spacial score (nSPS) is 12.9. The van der Waals surface area contributed by atoms with Crippen LogP contribution < -0.4 is 0 Å². The standard InChI is InChI=1S/C13H16N2OS/c1-9(16)7-17-8-13-10(2)14-11-5-3-4-6-12(11)15-13/h3-6,9,16H,7-8H2,1-2H3. The lowest BCUT2D eigenvalue weighted by Gasteiger charge is -2.07. The number of thioether (sulfide) groups is 1. The molecule has 1 aromatic carbocycles. The summed E-state index contributed by atoms with van der Waals surface area (Å²) >= 11 is 1.68. The van der Waals surface area contributed by atoms with Crippen LogP contribution in [0.4, 0.5) is 0 Å². The summed E-state index contributed by atoms with van der Waals surface area (Å²) in [6.07, 6.45) is -0.270. The molecule has 3 nitrogen and oxygen atoms in total. The molecule has 1 unspecified atom stereocenters. The third-order valence-electron chi connectivity index (χ3n) is 2.44. The fraction of sp³-hybridized carbons (Fsp3) is 0.385. The van der Waals surface area contributed by atoms with Crippen molar-refractivity contribution in [2.75, 3.05) is 5.75 Å². The smallest absolute Gasteiger partial charge is 0.0890 e. The van der Waals surface area contributed by atoms with E-state index < -0.39 is 0 Å². The van der Waals surface area contributed by atoms with E-state index in [1.54, 1.807) is 18.7 Å². The van der Waals surface area contributed by atoms with E-state index in [4.69, 9.17) is 0 Å². The highest BCUT2D eigenvalue weighted by Gasteiger charge is 2.05. The minimum atomic E-state index is -0.270. The molecular weight excluding hydrogens is 232 g/mol. The summed E-state index contributed by atoms with van der Waals surface area (Å²) in [5.74, 6) is 1.53. The quantitative estimate of drug-likeness (QED) is 0.903. The molecular formula is C13H16N2OS. The Bertz CT molecular complexity index is 514. The molecule has 1 N–H and O–H groups in total. The highest BCUT2D eigenvalue weighted by atomic mass is 32.2. The second kappa shape index (κ2) is 5.47. The summed E-state index contributed by atoms with van der Waals surface area (Å²) in [5, 5.41) is 9.21. The molecule has 0 aliphatic rings. The Balaban J connectivity index is 2.19. The number of benzene rings is 1. The molecule has 0 bridgehead atoms. The molecule has 0 aliphatic carbocycles. The Morgan fingerprint density at radius 2 is 1.88 bits per heavy atom. The number of aryl methyl sites for hydroxylation is 1.